The fourth-order valence-corrected chi connectivity index (χ4v) is 2.21. The van der Waals surface area contributed by atoms with Crippen LogP contribution in [0.3, 0.4) is 0 Å². The molecule has 0 saturated heterocycles. The van der Waals surface area contributed by atoms with E-state index in [2.05, 4.69) is 0 Å². The number of rotatable bonds is 5. The molecule has 0 fully saturated rings. The Bertz CT molecular complexity index is 492. The van der Waals surface area contributed by atoms with E-state index < -0.39 is 40.0 Å². The van der Waals surface area contributed by atoms with Crippen LogP contribution in [0, 0.1) is 5.82 Å². The molecule has 0 aliphatic carbocycles. The fraction of sp³-hybridized carbons (Fsp3) is 0.333. The predicted octanol–water partition coefficient (Wildman–Crippen LogP) is -0.961. The third-order valence-corrected chi connectivity index (χ3v) is 3.42. The van der Waals surface area contributed by atoms with Crippen LogP contribution in [0.15, 0.2) is 23.1 Å². The molecule has 8 heteroatoms. The third-order valence-electron chi connectivity index (χ3n) is 1.97. The molecule has 0 radical (unpaired) electrons. The van der Waals surface area contributed by atoms with E-state index in [4.69, 9.17) is 15.9 Å². The Hall–Kier alpha value is -1.22. The Labute approximate surface area is 97.9 Å². The summed E-state index contributed by atoms with van der Waals surface area (Å²) in [4.78, 5) is -0.558. The first-order valence-corrected chi connectivity index (χ1v) is 6.18. The number of nitrogens with two attached hydrogens (primary N) is 1. The number of benzene rings is 1. The van der Waals surface area contributed by atoms with E-state index in [9.17, 15) is 12.8 Å². The molecule has 96 valence electrons. The lowest BCUT2D eigenvalue weighted by Crippen LogP contribution is -2.34. The molecule has 0 saturated carbocycles. The van der Waals surface area contributed by atoms with Crippen molar-refractivity contribution in [3.8, 4) is 0 Å². The van der Waals surface area contributed by atoms with Crippen LogP contribution in [-0.4, -0.2) is 37.9 Å². The van der Waals surface area contributed by atoms with Gasteiger partial charge in [0.05, 0.1) is 12.7 Å². The monoisotopic (exact) mass is 264 g/mol. The van der Waals surface area contributed by atoms with Crippen LogP contribution in [0.2, 0.25) is 0 Å². The summed E-state index contributed by atoms with van der Waals surface area (Å²) in [5, 5.41) is 17.5. The van der Waals surface area contributed by atoms with Gasteiger partial charge in [-0.2, -0.15) is 0 Å². The second kappa shape index (κ2) is 5.41. The van der Waals surface area contributed by atoms with Crippen molar-refractivity contribution in [3.63, 3.8) is 0 Å². The number of hydrogen-bond donors (Lipinski definition) is 4. The van der Waals surface area contributed by atoms with E-state index in [1.807, 2.05) is 4.72 Å². The van der Waals surface area contributed by atoms with E-state index in [1.54, 1.807) is 0 Å². The van der Waals surface area contributed by atoms with Crippen LogP contribution in [-0.2, 0) is 10.0 Å². The molecular weight excluding hydrogens is 251 g/mol. The Morgan fingerprint density at radius 1 is 1.47 bits per heavy atom. The normalized spacial score (nSPS) is 13.6. The van der Waals surface area contributed by atoms with Crippen molar-refractivity contribution < 1.29 is 23.0 Å². The van der Waals surface area contributed by atoms with E-state index in [0.29, 0.717) is 0 Å². The molecule has 17 heavy (non-hydrogen) atoms. The molecule has 0 spiro atoms. The average molecular weight is 264 g/mol. The van der Waals surface area contributed by atoms with Crippen LogP contribution in [0.25, 0.3) is 0 Å². The number of halogens is 1. The van der Waals surface area contributed by atoms with Gasteiger partial charge in [-0.3, -0.25) is 0 Å². The van der Waals surface area contributed by atoms with E-state index in [0.717, 1.165) is 12.1 Å². The summed E-state index contributed by atoms with van der Waals surface area (Å²) in [5.74, 6) is -0.976. The number of aliphatic hydroxyl groups is 2. The van der Waals surface area contributed by atoms with E-state index >= 15 is 0 Å². The fourth-order valence-electron chi connectivity index (χ4n) is 1.08. The molecule has 1 unspecified atom stereocenters. The molecule has 0 amide bonds. The topological polar surface area (TPSA) is 113 Å². The second-order valence-electron chi connectivity index (χ2n) is 3.38. The zero-order chi connectivity index (χ0) is 13.1. The van der Waals surface area contributed by atoms with Crippen LogP contribution in [0.5, 0.6) is 0 Å². The van der Waals surface area contributed by atoms with Gasteiger partial charge in [-0.05, 0) is 18.2 Å². The second-order valence-corrected chi connectivity index (χ2v) is 5.11. The summed E-state index contributed by atoms with van der Waals surface area (Å²) in [6.07, 6.45) is -1.23. The number of nitrogen functional groups attached to an aromatic ring is 1. The lowest BCUT2D eigenvalue weighted by molar-refractivity contribution is 0.0988. The van der Waals surface area contributed by atoms with Crippen LogP contribution >= 0.6 is 0 Å². The van der Waals surface area contributed by atoms with Gasteiger partial charge in [0.15, 0.2) is 0 Å². The van der Waals surface area contributed by atoms with Gasteiger partial charge in [0.1, 0.15) is 10.7 Å². The molecule has 0 aliphatic heterocycles. The molecule has 0 heterocycles. The smallest absolute Gasteiger partial charge is 0.243 e. The molecule has 0 aromatic heterocycles. The highest BCUT2D eigenvalue weighted by Gasteiger charge is 2.19. The Kier molecular flexibility index (Phi) is 4.40. The van der Waals surface area contributed by atoms with Gasteiger partial charge in [0.25, 0.3) is 0 Å². The zero-order valence-electron chi connectivity index (χ0n) is 8.80. The maximum atomic E-state index is 13.3. The van der Waals surface area contributed by atoms with Crippen molar-refractivity contribution in [2.45, 2.75) is 11.0 Å². The quantitative estimate of drug-likeness (QED) is 0.512. The number of aliphatic hydroxyl groups excluding tert-OH is 2. The highest BCUT2D eigenvalue weighted by Crippen LogP contribution is 2.16. The minimum absolute atomic E-state index is 0.108. The summed E-state index contributed by atoms with van der Waals surface area (Å²) in [6, 6.07) is 3.16. The number of hydrogen-bond acceptors (Lipinski definition) is 5. The van der Waals surface area contributed by atoms with Gasteiger partial charge in [-0.25, -0.2) is 17.5 Å². The largest absolute Gasteiger partial charge is 0.399 e. The highest BCUT2D eigenvalue weighted by atomic mass is 32.2. The number of sulfonamides is 1. The van der Waals surface area contributed by atoms with Crippen LogP contribution < -0.4 is 10.5 Å². The molecular formula is C9H13FN2O4S. The van der Waals surface area contributed by atoms with Crippen molar-refractivity contribution >= 4 is 15.7 Å². The third kappa shape index (κ3) is 3.63. The highest BCUT2D eigenvalue weighted by molar-refractivity contribution is 7.89. The van der Waals surface area contributed by atoms with Crippen molar-refractivity contribution in [2.75, 3.05) is 18.9 Å². The Morgan fingerprint density at radius 3 is 2.65 bits per heavy atom. The summed E-state index contributed by atoms with van der Waals surface area (Å²) in [7, 11) is -4.06. The van der Waals surface area contributed by atoms with Crippen molar-refractivity contribution in [1.82, 2.24) is 4.72 Å². The average Bonchev–Trinajstić information content (AvgIpc) is 2.25. The molecule has 1 atom stereocenters. The summed E-state index contributed by atoms with van der Waals surface area (Å²) in [6.45, 7) is -0.991. The summed E-state index contributed by atoms with van der Waals surface area (Å²) < 4.78 is 38.5. The van der Waals surface area contributed by atoms with E-state index in [-0.39, 0.29) is 5.69 Å². The molecule has 5 N–H and O–H groups in total. The molecule has 1 aromatic rings. The van der Waals surface area contributed by atoms with Gasteiger partial charge >= 0.3 is 0 Å². The molecule has 1 aromatic carbocycles. The predicted molar refractivity (Wildman–Crippen MR) is 59.1 cm³/mol. The number of anilines is 1. The van der Waals surface area contributed by atoms with Crippen molar-refractivity contribution in [1.29, 1.82) is 0 Å². The van der Waals surface area contributed by atoms with Crippen LogP contribution in [0.4, 0.5) is 10.1 Å². The zero-order valence-corrected chi connectivity index (χ0v) is 9.61. The number of nitrogens with one attached hydrogen (secondary N) is 1. The van der Waals surface area contributed by atoms with Gasteiger partial charge in [-0.15, -0.1) is 0 Å². The lowest BCUT2D eigenvalue weighted by atomic mass is 10.3. The molecule has 0 aliphatic rings. The van der Waals surface area contributed by atoms with Gasteiger partial charge < -0.3 is 15.9 Å². The SMILES string of the molecule is Nc1ccc(S(=O)(=O)NCC(O)CO)c(F)c1. The van der Waals surface area contributed by atoms with Crippen molar-refractivity contribution in [2.24, 2.45) is 0 Å². The van der Waals surface area contributed by atoms with Gasteiger partial charge in [0.2, 0.25) is 10.0 Å². The first kappa shape index (κ1) is 13.8. The minimum Gasteiger partial charge on any atom is -0.399 e. The summed E-state index contributed by atoms with van der Waals surface area (Å²) >= 11 is 0. The molecule has 6 nitrogen and oxygen atoms in total. The Morgan fingerprint density at radius 2 is 2.12 bits per heavy atom. The standard InChI is InChI=1S/C9H13FN2O4S/c10-8-3-6(11)1-2-9(8)17(15,16)12-4-7(14)5-13/h1-3,7,12-14H,4-5,11H2. The molecule has 0 bridgehead atoms. The minimum atomic E-state index is -4.06. The first-order valence-electron chi connectivity index (χ1n) is 4.70. The summed E-state index contributed by atoms with van der Waals surface area (Å²) in [5.41, 5.74) is 5.39. The van der Waals surface area contributed by atoms with Gasteiger partial charge in [-0.1, -0.05) is 0 Å². The lowest BCUT2D eigenvalue weighted by Gasteiger charge is -2.10. The maximum Gasteiger partial charge on any atom is 0.243 e. The van der Waals surface area contributed by atoms with Crippen molar-refractivity contribution in [3.05, 3.63) is 24.0 Å². The Balaban J connectivity index is 2.90. The molecule has 1 rings (SSSR count). The van der Waals surface area contributed by atoms with Crippen LogP contribution in [0.1, 0.15) is 0 Å². The van der Waals surface area contributed by atoms with Gasteiger partial charge in [0, 0.05) is 12.2 Å². The maximum absolute atomic E-state index is 13.3. The van der Waals surface area contributed by atoms with E-state index in [1.165, 1.54) is 6.07 Å². The first-order chi connectivity index (χ1) is 7.86.